The summed E-state index contributed by atoms with van der Waals surface area (Å²) >= 11 is 0. The van der Waals surface area contributed by atoms with E-state index in [4.69, 9.17) is 10.5 Å². The lowest BCUT2D eigenvalue weighted by atomic mass is 10.1. The van der Waals surface area contributed by atoms with E-state index >= 15 is 0 Å². The van der Waals surface area contributed by atoms with E-state index < -0.39 is 5.91 Å². The van der Waals surface area contributed by atoms with Crippen LogP contribution in [0.25, 0.3) is 0 Å². The highest BCUT2D eigenvalue weighted by molar-refractivity contribution is 5.93. The smallest absolute Gasteiger partial charge is 0.302 e. The Bertz CT molecular complexity index is 377. The third-order valence-electron chi connectivity index (χ3n) is 1.80. The largest absolute Gasteiger partial charge is 0.465 e. The Kier molecular flexibility index (Phi) is 3.79. The van der Waals surface area contributed by atoms with Gasteiger partial charge in [0.05, 0.1) is 17.9 Å². The van der Waals surface area contributed by atoms with E-state index in [1.807, 2.05) is 0 Å². The summed E-state index contributed by atoms with van der Waals surface area (Å²) in [5.41, 5.74) is 6.07. The van der Waals surface area contributed by atoms with Crippen molar-refractivity contribution in [2.24, 2.45) is 5.73 Å². The molecule has 80 valence electrons. The molecule has 0 radical (unpaired) electrons. The second kappa shape index (κ2) is 5.09. The van der Waals surface area contributed by atoms with E-state index in [-0.39, 0.29) is 12.6 Å². The molecule has 1 amide bonds. The molecule has 5 nitrogen and oxygen atoms in total. The van der Waals surface area contributed by atoms with Crippen LogP contribution in [-0.4, -0.2) is 23.5 Å². The van der Waals surface area contributed by atoms with Crippen LogP contribution in [0.5, 0.6) is 0 Å². The van der Waals surface area contributed by atoms with Crippen LogP contribution in [0.1, 0.15) is 23.0 Å². The van der Waals surface area contributed by atoms with Crippen molar-refractivity contribution in [1.82, 2.24) is 4.98 Å². The molecule has 1 aromatic heterocycles. The summed E-state index contributed by atoms with van der Waals surface area (Å²) in [6, 6.07) is 3.23. The second-order valence-corrected chi connectivity index (χ2v) is 2.95. The molecule has 15 heavy (non-hydrogen) atoms. The molecule has 0 saturated carbocycles. The number of aromatic nitrogens is 1. The molecular formula is C10H12N2O3. The second-order valence-electron chi connectivity index (χ2n) is 2.95. The van der Waals surface area contributed by atoms with Gasteiger partial charge in [0.15, 0.2) is 0 Å². The number of carbonyl (C=O) groups is 2. The number of nitrogens with two attached hydrogens (primary N) is 1. The van der Waals surface area contributed by atoms with E-state index in [2.05, 4.69) is 4.98 Å². The molecule has 0 fully saturated rings. The highest BCUT2D eigenvalue weighted by Gasteiger charge is 2.08. The van der Waals surface area contributed by atoms with E-state index in [0.717, 1.165) is 0 Å². The fourth-order valence-electron chi connectivity index (χ4n) is 1.15. The molecule has 5 heteroatoms. The monoisotopic (exact) mass is 208 g/mol. The van der Waals surface area contributed by atoms with Crippen LogP contribution in [-0.2, 0) is 16.0 Å². The minimum Gasteiger partial charge on any atom is -0.465 e. The summed E-state index contributed by atoms with van der Waals surface area (Å²) in [6.07, 6.45) is 1.95. The minimum atomic E-state index is -0.527. The number of esters is 1. The molecule has 1 aromatic rings. The molecule has 0 bridgehead atoms. The Morgan fingerprint density at radius 2 is 2.27 bits per heavy atom. The summed E-state index contributed by atoms with van der Waals surface area (Å²) in [4.78, 5) is 25.5. The number of ether oxygens (including phenoxy) is 1. The van der Waals surface area contributed by atoms with Gasteiger partial charge in [-0.05, 0) is 12.1 Å². The highest BCUT2D eigenvalue weighted by atomic mass is 16.5. The standard InChI is InChI=1S/C10H12N2O3/c1-7(13)15-6-4-9-8(10(11)14)3-2-5-12-9/h2-3,5H,4,6H2,1H3,(H2,11,14). The maximum absolute atomic E-state index is 11.0. The van der Waals surface area contributed by atoms with Gasteiger partial charge in [-0.1, -0.05) is 0 Å². The zero-order chi connectivity index (χ0) is 11.3. The summed E-state index contributed by atoms with van der Waals surface area (Å²) in [7, 11) is 0. The molecule has 0 atom stereocenters. The molecule has 2 N–H and O–H groups in total. The Balaban J connectivity index is 2.67. The number of hydrogen-bond acceptors (Lipinski definition) is 4. The lowest BCUT2D eigenvalue weighted by Crippen LogP contribution is -2.16. The Hall–Kier alpha value is -1.91. The average molecular weight is 208 g/mol. The van der Waals surface area contributed by atoms with Gasteiger partial charge >= 0.3 is 5.97 Å². The molecule has 0 aliphatic rings. The van der Waals surface area contributed by atoms with Crippen molar-refractivity contribution in [1.29, 1.82) is 0 Å². The van der Waals surface area contributed by atoms with Gasteiger partial charge in [-0.25, -0.2) is 0 Å². The minimum absolute atomic E-state index is 0.201. The van der Waals surface area contributed by atoms with Gasteiger partial charge in [-0.3, -0.25) is 14.6 Å². The third kappa shape index (κ3) is 3.38. The molecule has 0 aliphatic carbocycles. The Morgan fingerprint density at radius 3 is 2.87 bits per heavy atom. The summed E-state index contributed by atoms with van der Waals surface area (Å²) in [6.45, 7) is 1.53. The van der Waals surface area contributed by atoms with Crippen LogP contribution in [0.3, 0.4) is 0 Å². The number of hydrogen-bond donors (Lipinski definition) is 1. The van der Waals surface area contributed by atoms with Gasteiger partial charge in [-0.2, -0.15) is 0 Å². The van der Waals surface area contributed by atoms with E-state index in [1.165, 1.54) is 6.92 Å². The van der Waals surface area contributed by atoms with Crippen LogP contribution in [0, 0.1) is 0 Å². The lowest BCUT2D eigenvalue weighted by Gasteiger charge is -2.05. The zero-order valence-corrected chi connectivity index (χ0v) is 8.40. The fraction of sp³-hybridized carbons (Fsp3) is 0.300. The maximum atomic E-state index is 11.0. The van der Waals surface area contributed by atoms with Gasteiger partial charge in [-0.15, -0.1) is 0 Å². The van der Waals surface area contributed by atoms with E-state index in [1.54, 1.807) is 18.3 Å². The molecule has 0 unspecified atom stereocenters. The Labute approximate surface area is 87.3 Å². The molecule has 0 aliphatic heterocycles. The van der Waals surface area contributed by atoms with Gasteiger partial charge in [0.25, 0.3) is 5.91 Å². The molecule has 1 heterocycles. The summed E-state index contributed by atoms with van der Waals surface area (Å²) < 4.78 is 4.75. The summed E-state index contributed by atoms with van der Waals surface area (Å²) in [5, 5.41) is 0. The molecule has 1 rings (SSSR count). The van der Waals surface area contributed by atoms with Crippen LogP contribution in [0.2, 0.25) is 0 Å². The van der Waals surface area contributed by atoms with Crippen molar-refractivity contribution in [3.8, 4) is 0 Å². The van der Waals surface area contributed by atoms with Crippen LogP contribution in [0.15, 0.2) is 18.3 Å². The molecule has 0 saturated heterocycles. The highest BCUT2D eigenvalue weighted by Crippen LogP contribution is 2.05. The van der Waals surface area contributed by atoms with Gasteiger partial charge in [0.1, 0.15) is 0 Å². The van der Waals surface area contributed by atoms with Gasteiger partial charge < -0.3 is 10.5 Å². The lowest BCUT2D eigenvalue weighted by molar-refractivity contribution is -0.140. The number of amides is 1. The molecule has 0 spiro atoms. The number of carbonyl (C=O) groups excluding carboxylic acids is 2. The van der Waals surface area contributed by atoms with Gasteiger partial charge in [0, 0.05) is 19.5 Å². The number of primary amides is 1. The van der Waals surface area contributed by atoms with Crippen LogP contribution >= 0.6 is 0 Å². The third-order valence-corrected chi connectivity index (χ3v) is 1.80. The van der Waals surface area contributed by atoms with Crippen LogP contribution in [0.4, 0.5) is 0 Å². The predicted octanol–water partition coefficient (Wildman–Crippen LogP) is 0.286. The van der Waals surface area contributed by atoms with E-state index in [9.17, 15) is 9.59 Å². The quantitative estimate of drug-likeness (QED) is 0.721. The molecule has 0 aromatic carbocycles. The average Bonchev–Trinajstić information content (AvgIpc) is 2.17. The number of rotatable bonds is 4. The zero-order valence-electron chi connectivity index (χ0n) is 8.40. The van der Waals surface area contributed by atoms with Crippen molar-refractivity contribution in [2.75, 3.05) is 6.61 Å². The van der Waals surface area contributed by atoms with Crippen molar-refractivity contribution in [3.05, 3.63) is 29.6 Å². The first-order valence-corrected chi connectivity index (χ1v) is 4.48. The van der Waals surface area contributed by atoms with Crippen molar-refractivity contribution in [2.45, 2.75) is 13.3 Å². The van der Waals surface area contributed by atoms with Crippen molar-refractivity contribution < 1.29 is 14.3 Å². The van der Waals surface area contributed by atoms with Crippen molar-refractivity contribution in [3.63, 3.8) is 0 Å². The molecular weight excluding hydrogens is 196 g/mol. The predicted molar refractivity (Wildman–Crippen MR) is 53.1 cm³/mol. The summed E-state index contributed by atoms with van der Waals surface area (Å²) in [5.74, 6) is -0.882. The first-order chi connectivity index (χ1) is 7.11. The SMILES string of the molecule is CC(=O)OCCc1ncccc1C(N)=O. The van der Waals surface area contributed by atoms with Crippen molar-refractivity contribution >= 4 is 11.9 Å². The topological polar surface area (TPSA) is 82.3 Å². The van der Waals surface area contributed by atoms with Gasteiger partial charge in [0.2, 0.25) is 0 Å². The normalized spacial score (nSPS) is 9.67. The fourth-order valence-corrected chi connectivity index (χ4v) is 1.15. The first kappa shape index (κ1) is 11.2. The number of pyridine rings is 1. The Morgan fingerprint density at radius 1 is 1.53 bits per heavy atom. The first-order valence-electron chi connectivity index (χ1n) is 4.48. The number of nitrogens with zero attached hydrogens (tertiary/aromatic N) is 1. The van der Waals surface area contributed by atoms with Crippen LogP contribution < -0.4 is 5.73 Å². The van der Waals surface area contributed by atoms with E-state index in [0.29, 0.717) is 17.7 Å². The maximum Gasteiger partial charge on any atom is 0.302 e.